The van der Waals surface area contributed by atoms with Gasteiger partial charge in [-0.3, -0.25) is 0 Å². The van der Waals surface area contributed by atoms with Crippen LogP contribution in [-0.2, 0) is 14.8 Å². The Morgan fingerprint density at radius 1 is 1.24 bits per heavy atom. The van der Waals surface area contributed by atoms with E-state index in [0.29, 0.717) is 31.8 Å². The molecule has 0 aliphatic carbocycles. The Morgan fingerprint density at radius 3 is 2.33 bits per heavy atom. The second-order valence-electron chi connectivity index (χ2n) is 5.26. The lowest BCUT2D eigenvalue weighted by molar-refractivity contribution is 0.00182. The number of ether oxygens (including phenoxy) is 2. The van der Waals surface area contributed by atoms with Crippen molar-refractivity contribution in [3.8, 4) is 5.75 Å². The van der Waals surface area contributed by atoms with E-state index in [2.05, 4.69) is 31.9 Å². The fraction of sp³-hybridized carbons (Fsp3) is 0.538. The maximum atomic E-state index is 11.5. The topological polar surface area (TPSA) is 78.6 Å². The zero-order chi connectivity index (χ0) is 15.5. The number of nitrogens with two attached hydrogens (primary N) is 1. The van der Waals surface area contributed by atoms with Crippen molar-refractivity contribution >= 4 is 41.9 Å². The highest BCUT2D eigenvalue weighted by Crippen LogP contribution is 2.37. The molecule has 21 heavy (non-hydrogen) atoms. The Bertz CT molecular complexity index is 580. The first kappa shape index (κ1) is 17.2. The molecule has 1 aliphatic heterocycles. The molecule has 0 spiro atoms. The zero-order valence-electron chi connectivity index (χ0n) is 11.3. The van der Waals surface area contributed by atoms with Gasteiger partial charge in [0, 0.05) is 18.6 Å². The molecule has 2 N–H and O–H groups in total. The van der Waals surface area contributed by atoms with Gasteiger partial charge in [-0.15, -0.1) is 0 Å². The summed E-state index contributed by atoms with van der Waals surface area (Å²) >= 11 is 6.86. The molecule has 1 aromatic carbocycles. The van der Waals surface area contributed by atoms with Crippen LogP contribution >= 0.6 is 31.9 Å². The third-order valence-corrected chi connectivity index (χ3v) is 5.77. The van der Waals surface area contributed by atoms with Crippen LogP contribution in [0.25, 0.3) is 0 Å². The van der Waals surface area contributed by atoms with Gasteiger partial charge in [0.1, 0.15) is 5.75 Å². The van der Waals surface area contributed by atoms with Crippen molar-refractivity contribution in [3.63, 3.8) is 0 Å². The molecule has 2 rings (SSSR count). The Balaban J connectivity index is 2.16. The van der Waals surface area contributed by atoms with E-state index in [1.54, 1.807) is 0 Å². The smallest absolute Gasteiger partial charge is 0.209 e. The number of primary sulfonamides is 1. The molecule has 118 valence electrons. The average molecular weight is 443 g/mol. The first-order chi connectivity index (χ1) is 9.81. The number of benzene rings is 1. The van der Waals surface area contributed by atoms with Crippen LogP contribution in [0.4, 0.5) is 0 Å². The van der Waals surface area contributed by atoms with Crippen molar-refractivity contribution in [3.05, 3.63) is 27.1 Å². The molecule has 0 amide bonds. The van der Waals surface area contributed by atoms with E-state index in [1.807, 2.05) is 18.2 Å². The molecule has 1 aromatic rings. The van der Waals surface area contributed by atoms with Gasteiger partial charge < -0.3 is 9.47 Å². The van der Waals surface area contributed by atoms with Gasteiger partial charge in [0.15, 0.2) is 0 Å². The minimum Gasteiger partial charge on any atom is -0.491 e. The fourth-order valence-corrected chi connectivity index (χ4v) is 4.86. The minimum atomic E-state index is -3.57. The highest BCUT2D eigenvalue weighted by atomic mass is 79.9. The Morgan fingerprint density at radius 2 is 1.81 bits per heavy atom. The summed E-state index contributed by atoms with van der Waals surface area (Å²) in [4.78, 5) is 0. The predicted octanol–water partition coefficient (Wildman–Crippen LogP) is 2.68. The lowest BCUT2D eigenvalue weighted by Gasteiger charge is -2.36. The number of sulfonamides is 1. The van der Waals surface area contributed by atoms with Crippen LogP contribution in [0.1, 0.15) is 12.8 Å². The summed E-state index contributed by atoms with van der Waals surface area (Å²) in [5.41, 5.74) is -0.499. The Kier molecular flexibility index (Phi) is 5.70. The molecule has 8 heteroatoms. The van der Waals surface area contributed by atoms with Gasteiger partial charge in [0.2, 0.25) is 10.0 Å². The summed E-state index contributed by atoms with van der Waals surface area (Å²) in [6.45, 7) is 1.33. The van der Waals surface area contributed by atoms with Crippen molar-refractivity contribution in [1.82, 2.24) is 0 Å². The molecular weight excluding hydrogens is 426 g/mol. The maximum absolute atomic E-state index is 11.5. The zero-order valence-corrected chi connectivity index (χ0v) is 15.3. The van der Waals surface area contributed by atoms with Crippen molar-refractivity contribution in [2.75, 3.05) is 25.6 Å². The molecule has 0 atom stereocenters. The normalized spacial score (nSPS) is 18.4. The highest BCUT2D eigenvalue weighted by Gasteiger charge is 2.37. The molecule has 0 unspecified atom stereocenters. The lowest BCUT2D eigenvalue weighted by atomic mass is 9.83. The molecule has 5 nitrogen and oxygen atoms in total. The number of halogens is 2. The monoisotopic (exact) mass is 441 g/mol. The van der Waals surface area contributed by atoms with E-state index in [0.717, 1.165) is 8.95 Å². The first-order valence-electron chi connectivity index (χ1n) is 6.46. The number of hydrogen-bond acceptors (Lipinski definition) is 4. The van der Waals surface area contributed by atoms with Crippen molar-refractivity contribution in [2.24, 2.45) is 10.6 Å². The molecule has 0 saturated carbocycles. The van der Waals surface area contributed by atoms with E-state index in [1.165, 1.54) is 0 Å². The van der Waals surface area contributed by atoms with Crippen LogP contribution in [0.15, 0.2) is 27.1 Å². The minimum absolute atomic E-state index is 0.0918. The summed E-state index contributed by atoms with van der Waals surface area (Å²) in [6.07, 6.45) is 1.23. The van der Waals surface area contributed by atoms with E-state index in [4.69, 9.17) is 14.6 Å². The highest BCUT2D eigenvalue weighted by molar-refractivity contribution is 9.11. The quantitative estimate of drug-likeness (QED) is 0.760. The summed E-state index contributed by atoms with van der Waals surface area (Å²) < 4.78 is 35.9. The molecule has 0 radical (unpaired) electrons. The number of hydrogen-bond donors (Lipinski definition) is 1. The molecular formula is C13H17Br2NO4S. The first-order valence-corrected chi connectivity index (χ1v) is 9.77. The van der Waals surface area contributed by atoms with Crippen LogP contribution in [0.5, 0.6) is 5.75 Å². The third kappa shape index (κ3) is 4.92. The van der Waals surface area contributed by atoms with Crippen LogP contribution < -0.4 is 9.88 Å². The second kappa shape index (κ2) is 6.95. The van der Waals surface area contributed by atoms with Crippen LogP contribution in [0.2, 0.25) is 0 Å². The van der Waals surface area contributed by atoms with E-state index in [-0.39, 0.29) is 12.4 Å². The third-order valence-electron chi connectivity index (χ3n) is 3.50. The second-order valence-corrected chi connectivity index (χ2v) is 8.58. The average Bonchev–Trinajstić information content (AvgIpc) is 2.37. The van der Waals surface area contributed by atoms with E-state index in [9.17, 15) is 8.42 Å². The lowest BCUT2D eigenvalue weighted by Crippen LogP contribution is -2.42. The molecule has 1 fully saturated rings. The fourth-order valence-electron chi connectivity index (χ4n) is 2.41. The van der Waals surface area contributed by atoms with Crippen molar-refractivity contribution < 1.29 is 17.9 Å². The van der Waals surface area contributed by atoms with Crippen molar-refractivity contribution in [1.29, 1.82) is 0 Å². The molecule has 0 aromatic heterocycles. The standard InChI is InChI=1S/C13H17Br2NO4S/c14-10-2-1-3-11(15)12(10)20-8-13(9-21(16,17)18)4-6-19-7-5-13/h1-3H,4-9H2,(H2,16,17,18). The number of rotatable bonds is 5. The largest absolute Gasteiger partial charge is 0.491 e. The summed E-state index contributed by atoms with van der Waals surface area (Å²) in [5, 5.41) is 5.24. The summed E-state index contributed by atoms with van der Waals surface area (Å²) in [7, 11) is -3.57. The summed E-state index contributed by atoms with van der Waals surface area (Å²) in [6, 6.07) is 5.63. The van der Waals surface area contributed by atoms with Gasteiger partial charge in [0.05, 0.1) is 21.3 Å². The Labute approximate surface area is 141 Å². The van der Waals surface area contributed by atoms with Gasteiger partial charge in [-0.2, -0.15) is 0 Å². The van der Waals surface area contributed by atoms with Crippen LogP contribution in [-0.4, -0.2) is 34.0 Å². The Hall–Kier alpha value is -0.150. The summed E-state index contributed by atoms with van der Waals surface area (Å²) in [5.74, 6) is 0.573. The maximum Gasteiger partial charge on any atom is 0.209 e. The molecule has 1 aliphatic rings. The number of para-hydroxylation sites is 1. The van der Waals surface area contributed by atoms with Gasteiger partial charge in [-0.05, 0) is 56.8 Å². The van der Waals surface area contributed by atoms with Crippen LogP contribution in [0.3, 0.4) is 0 Å². The van der Waals surface area contributed by atoms with Crippen LogP contribution in [0, 0.1) is 5.41 Å². The van der Waals surface area contributed by atoms with Gasteiger partial charge in [-0.25, -0.2) is 13.6 Å². The van der Waals surface area contributed by atoms with Gasteiger partial charge in [-0.1, -0.05) is 6.07 Å². The van der Waals surface area contributed by atoms with E-state index >= 15 is 0 Å². The molecule has 0 bridgehead atoms. The predicted molar refractivity (Wildman–Crippen MR) is 87.8 cm³/mol. The molecule has 1 heterocycles. The SMILES string of the molecule is NS(=O)(=O)CC1(COc2c(Br)cccc2Br)CCOCC1. The van der Waals surface area contributed by atoms with E-state index < -0.39 is 15.4 Å². The molecule has 1 saturated heterocycles. The van der Waals surface area contributed by atoms with Crippen molar-refractivity contribution in [2.45, 2.75) is 12.8 Å². The van der Waals surface area contributed by atoms with Gasteiger partial charge >= 0.3 is 0 Å². The van der Waals surface area contributed by atoms with Gasteiger partial charge in [0.25, 0.3) is 0 Å².